The average Bonchev–Trinajstić information content (AvgIpc) is 2.96. The van der Waals surface area contributed by atoms with Gasteiger partial charge in [0, 0.05) is 21.3 Å². The summed E-state index contributed by atoms with van der Waals surface area (Å²) in [5.41, 5.74) is -0.497. The van der Waals surface area contributed by atoms with Gasteiger partial charge in [0.05, 0.1) is 13.2 Å². The minimum Gasteiger partial charge on any atom is -0.462 e. The van der Waals surface area contributed by atoms with E-state index in [0.717, 1.165) is 11.3 Å². The molecule has 0 amide bonds. The molecule has 0 saturated heterocycles. The van der Waals surface area contributed by atoms with Gasteiger partial charge in [-0.15, -0.1) is 0 Å². The molecule has 0 saturated carbocycles. The van der Waals surface area contributed by atoms with Gasteiger partial charge in [-0.3, -0.25) is 0 Å². The Balaban J connectivity index is 2.04. The second kappa shape index (κ2) is 7.04. The maximum atomic E-state index is 12.2. The first-order chi connectivity index (χ1) is 11.9. The Morgan fingerprint density at radius 2 is 1.72 bits per heavy atom. The van der Waals surface area contributed by atoms with Gasteiger partial charge in [-0.1, -0.05) is 23.2 Å². The Morgan fingerprint density at radius 3 is 2.28 bits per heavy atom. The number of esters is 1. The molecule has 2 aromatic rings. The first-order valence-electron chi connectivity index (χ1n) is 7.71. The predicted octanol–water partition coefficient (Wildman–Crippen LogP) is 3.51. The number of amidine groups is 1. The molecule has 1 N–H and O–H groups in total. The highest BCUT2D eigenvalue weighted by Crippen LogP contribution is 2.30. The topological polar surface area (TPSA) is 62.1 Å². The Bertz CT molecular complexity index is 806. The molecule has 130 valence electrons. The number of hydrogen-bond acceptors (Lipinski definition) is 5. The second-order valence-electron chi connectivity index (χ2n) is 5.54. The Morgan fingerprint density at radius 1 is 1.16 bits per heavy atom. The van der Waals surface area contributed by atoms with Crippen LogP contribution in [-0.4, -0.2) is 35.8 Å². The van der Waals surface area contributed by atoms with Gasteiger partial charge in [0.1, 0.15) is 5.84 Å². The quantitative estimate of drug-likeness (QED) is 0.826. The van der Waals surface area contributed by atoms with Crippen molar-refractivity contribution in [2.24, 2.45) is 4.99 Å². The third-order valence-electron chi connectivity index (χ3n) is 3.77. The maximum absolute atomic E-state index is 12.2. The highest BCUT2D eigenvalue weighted by molar-refractivity contribution is 6.31. The molecule has 1 atom stereocenters. The molecular formula is C18H16Cl2N2O3. The van der Waals surface area contributed by atoms with Crippen LogP contribution in [0.25, 0.3) is 0 Å². The van der Waals surface area contributed by atoms with Gasteiger partial charge in [0.15, 0.2) is 0 Å². The van der Waals surface area contributed by atoms with E-state index in [1.54, 1.807) is 60.4 Å². The van der Waals surface area contributed by atoms with E-state index in [1.165, 1.54) is 0 Å². The lowest BCUT2D eigenvalue weighted by atomic mass is 10.1. The molecule has 1 aliphatic heterocycles. The Kier molecular flexibility index (Phi) is 4.99. The molecule has 0 spiro atoms. The van der Waals surface area contributed by atoms with Crippen molar-refractivity contribution in [3.8, 4) is 0 Å². The minimum absolute atomic E-state index is 0.0502. The van der Waals surface area contributed by atoms with Gasteiger partial charge in [-0.25, -0.2) is 9.79 Å². The molecule has 7 heteroatoms. The summed E-state index contributed by atoms with van der Waals surface area (Å²) in [4.78, 5) is 18.2. The number of β-amino-alcohol motifs (C(OH)–C–C–N with tert-alkyl or cyclic N) is 1. The fraction of sp³-hybridized carbons (Fsp3) is 0.222. The van der Waals surface area contributed by atoms with Gasteiger partial charge >= 0.3 is 5.97 Å². The molecule has 0 radical (unpaired) electrons. The summed E-state index contributed by atoms with van der Waals surface area (Å²) in [6, 6.07) is 14.1. The first kappa shape index (κ1) is 17.7. The zero-order valence-electron chi connectivity index (χ0n) is 13.4. The van der Waals surface area contributed by atoms with E-state index >= 15 is 0 Å². The van der Waals surface area contributed by atoms with Gasteiger partial charge in [0.25, 0.3) is 5.72 Å². The van der Waals surface area contributed by atoms with Crippen molar-refractivity contribution < 1.29 is 14.6 Å². The van der Waals surface area contributed by atoms with Crippen LogP contribution in [0, 0.1) is 0 Å². The summed E-state index contributed by atoms with van der Waals surface area (Å²) >= 11 is 11.9. The fourth-order valence-electron chi connectivity index (χ4n) is 2.58. The van der Waals surface area contributed by atoms with Gasteiger partial charge in [-0.05, 0) is 55.5 Å². The van der Waals surface area contributed by atoms with Gasteiger partial charge < -0.3 is 14.7 Å². The fourth-order valence-corrected chi connectivity index (χ4v) is 2.83. The largest absolute Gasteiger partial charge is 0.462 e. The molecule has 3 rings (SSSR count). The third-order valence-corrected chi connectivity index (χ3v) is 4.27. The standard InChI is InChI=1S/C18H16Cl2N2O3/c1-2-25-17(23)18(24)11-22(15-9-7-14(20)8-10-15)16(21-18)12-3-5-13(19)6-4-12/h3-10,24H,2,11H2,1H3. The van der Waals surface area contributed by atoms with Crippen LogP contribution < -0.4 is 4.90 Å². The van der Waals surface area contributed by atoms with Crippen molar-refractivity contribution in [3.63, 3.8) is 0 Å². The first-order valence-corrected chi connectivity index (χ1v) is 8.47. The molecule has 0 bridgehead atoms. The number of aliphatic imine (C=N–C) groups is 1. The minimum atomic E-state index is -1.97. The van der Waals surface area contributed by atoms with Gasteiger partial charge in [0.2, 0.25) is 0 Å². The number of rotatable bonds is 4. The van der Waals surface area contributed by atoms with Crippen molar-refractivity contribution >= 4 is 40.7 Å². The van der Waals surface area contributed by atoms with E-state index in [-0.39, 0.29) is 13.2 Å². The molecule has 5 nitrogen and oxygen atoms in total. The number of aliphatic hydroxyl groups is 1. The number of carbonyl (C=O) groups is 1. The van der Waals surface area contributed by atoms with Crippen LogP contribution in [0.15, 0.2) is 53.5 Å². The highest BCUT2D eigenvalue weighted by atomic mass is 35.5. The maximum Gasteiger partial charge on any atom is 0.363 e. The lowest BCUT2D eigenvalue weighted by Crippen LogP contribution is -2.43. The average molecular weight is 379 g/mol. The lowest BCUT2D eigenvalue weighted by molar-refractivity contribution is -0.162. The smallest absolute Gasteiger partial charge is 0.363 e. The molecule has 0 fully saturated rings. The van der Waals surface area contributed by atoms with Crippen LogP contribution in [0.1, 0.15) is 12.5 Å². The summed E-state index contributed by atoms with van der Waals surface area (Å²) in [6.07, 6.45) is 0. The van der Waals surface area contributed by atoms with Crippen LogP contribution in [-0.2, 0) is 9.53 Å². The van der Waals surface area contributed by atoms with E-state index in [0.29, 0.717) is 15.9 Å². The Labute approximate surface area is 155 Å². The van der Waals surface area contributed by atoms with Crippen LogP contribution in [0.3, 0.4) is 0 Å². The zero-order valence-corrected chi connectivity index (χ0v) is 15.0. The lowest BCUT2D eigenvalue weighted by Gasteiger charge is -2.23. The SMILES string of the molecule is CCOC(=O)C1(O)CN(c2ccc(Cl)cc2)C(c2ccc(Cl)cc2)=N1. The number of nitrogens with zero attached hydrogens (tertiary/aromatic N) is 2. The molecule has 2 aromatic carbocycles. The van der Waals surface area contributed by atoms with Crippen molar-refractivity contribution in [3.05, 3.63) is 64.1 Å². The van der Waals surface area contributed by atoms with E-state index in [9.17, 15) is 9.90 Å². The summed E-state index contributed by atoms with van der Waals surface area (Å²) in [5.74, 6) is -0.326. The Hall–Kier alpha value is -2.08. The van der Waals surface area contributed by atoms with Crippen LogP contribution in [0.4, 0.5) is 5.69 Å². The van der Waals surface area contributed by atoms with E-state index < -0.39 is 11.7 Å². The van der Waals surface area contributed by atoms with Crippen molar-refractivity contribution in [1.29, 1.82) is 0 Å². The summed E-state index contributed by atoms with van der Waals surface area (Å²) in [7, 11) is 0. The molecule has 1 unspecified atom stereocenters. The number of ether oxygens (including phenoxy) is 1. The molecule has 1 heterocycles. The van der Waals surface area contributed by atoms with Crippen molar-refractivity contribution in [2.75, 3.05) is 18.1 Å². The summed E-state index contributed by atoms with van der Waals surface area (Å²) < 4.78 is 4.97. The number of carbonyl (C=O) groups excluding carboxylic acids is 1. The summed E-state index contributed by atoms with van der Waals surface area (Å²) in [6.45, 7) is 1.79. The van der Waals surface area contributed by atoms with E-state index in [4.69, 9.17) is 27.9 Å². The molecule has 0 aliphatic carbocycles. The normalized spacial score (nSPS) is 19.7. The van der Waals surface area contributed by atoms with E-state index in [1.807, 2.05) is 0 Å². The van der Waals surface area contributed by atoms with E-state index in [2.05, 4.69) is 4.99 Å². The van der Waals surface area contributed by atoms with Crippen LogP contribution in [0.2, 0.25) is 10.0 Å². The van der Waals surface area contributed by atoms with Crippen molar-refractivity contribution in [2.45, 2.75) is 12.6 Å². The molecule has 0 aromatic heterocycles. The molecule has 1 aliphatic rings. The van der Waals surface area contributed by atoms with Crippen molar-refractivity contribution in [1.82, 2.24) is 0 Å². The summed E-state index contributed by atoms with van der Waals surface area (Å²) in [5, 5.41) is 11.9. The zero-order chi connectivity index (χ0) is 18.0. The number of halogens is 2. The van der Waals surface area contributed by atoms with Crippen LogP contribution in [0.5, 0.6) is 0 Å². The predicted molar refractivity (Wildman–Crippen MR) is 98.4 cm³/mol. The number of benzene rings is 2. The number of anilines is 1. The monoisotopic (exact) mass is 378 g/mol. The van der Waals surface area contributed by atoms with Gasteiger partial charge in [-0.2, -0.15) is 0 Å². The van der Waals surface area contributed by atoms with Crippen LogP contribution >= 0.6 is 23.2 Å². The highest BCUT2D eigenvalue weighted by Gasteiger charge is 2.46. The second-order valence-corrected chi connectivity index (χ2v) is 6.41. The molecule has 25 heavy (non-hydrogen) atoms. The third kappa shape index (κ3) is 3.63. The number of hydrogen-bond donors (Lipinski definition) is 1. The molecular weight excluding hydrogens is 363 g/mol.